The molecule has 0 saturated heterocycles. The van der Waals surface area contributed by atoms with Gasteiger partial charge in [0.1, 0.15) is 17.2 Å². The molecule has 8 heteroatoms. The molecular weight excluding hydrogens is 316 g/mol. The maximum absolute atomic E-state index is 12.3. The molecule has 8 nitrogen and oxygen atoms in total. The largest absolute Gasteiger partial charge is 0.458 e. The van der Waals surface area contributed by atoms with Crippen molar-refractivity contribution < 1.29 is 28.7 Å². The third-order valence-electron chi connectivity index (χ3n) is 2.65. The molecule has 0 aliphatic carbocycles. The van der Waals surface area contributed by atoms with Gasteiger partial charge in [0.15, 0.2) is 0 Å². The van der Waals surface area contributed by atoms with Gasteiger partial charge in [0.05, 0.1) is 7.11 Å². The molecule has 24 heavy (non-hydrogen) atoms. The van der Waals surface area contributed by atoms with E-state index in [0.29, 0.717) is 0 Å². The third-order valence-corrected chi connectivity index (χ3v) is 2.65. The normalized spacial score (nSPS) is 13.0. The molecule has 0 aromatic carbocycles. The van der Waals surface area contributed by atoms with E-state index in [2.05, 4.69) is 5.32 Å². The topological polar surface area (TPSA) is 94.2 Å². The number of amides is 2. The molecule has 0 bridgehead atoms. The van der Waals surface area contributed by atoms with Crippen LogP contribution >= 0.6 is 0 Å². The van der Waals surface area contributed by atoms with Crippen molar-refractivity contribution in [2.45, 2.75) is 71.6 Å². The van der Waals surface area contributed by atoms with Gasteiger partial charge in [0.25, 0.3) is 0 Å². The lowest BCUT2D eigenvalue weighted by molar-refractivity contribution is -0.169. The summed E-state index contributed by atoms with van der Waals surface area (Å²) in [5.41, 5.74) is -1.41. The van der Waals surface area contributed by atoms with Gasteiger partial charge in [0, 0.05) is 13.5 Å². The number of rotatable bonds is 6. The highest BCUT2D eigenvalue weighted by atomic mass is 16.7. The number of ether oxygens (including phenoxy) is 2. The van der Waals surface area contributed by atoms with Crippen LogP contribution in [0.5, 0.6) is 0 Å². The average molecular weight is 346 g/mol. The fourth-order valence-electron chi connectivity index (χ4n) is 1.60. The monoisotopic (exact) mass is 346 g/mol. The molecule has 1 atom stereocenters. The lowest BCUT2D eigenvalue weighted by Gasteiger charge is -2.26. The first-order valence-corrected chi connectivity index (χ1v) is 7.78. The van der Waals surface area contributed by atoms with Crippen LogP contribution < -0.4 is 5.32 Å². The Balaban J connectivity index is 4.92. The zero-order valence-corrected chi connectivity index (χ0v) is 15.9. The van der Waals surface area contributed by atoms with E-state index in [0.717, 1.165) is 5.06 Å². The Kier molecular flexibility index (Phi) is 8.19. The fraction of sp³-hybridized carbons (Fsp3) is 0.812. The first kappa shape index (κ1) is 22.2. The van der Waals surface area contributed by atoms with Crippen molar-refractivity contribution in [2.24, 2.45) is 0 Å². The number of carbonyl (C=O) groups is 3. The summed E-state index contributed by atoms with van der Waals surface area (Å²) in [5.74, 6) is -0.946. The highest BCUT2D eigenvalue weighted by molar-refractivity contribution is 5.83. The molecule has 0 unspecified atom stereocenters. The number of nitrogens with zero attached hydrogens (tertiary/aromatic N) is 1. The molecule has 0 fully saturated rings. The van der Waals surface area contributed by atoms with Gasteiger partial charge >= 0.3 is 12.1 Å². The quantitative estimate of drug-likeness (QED) is 0.584. The van der Waals surface area contributed by atoms with E-state index >= 15 is 0 Å². The summed E-state index contributed by atoms with van der Waals surface area (Å²) in [4.78, 5) is 40.8. The van der Waals surface area contributed by atoms with Gasteiger partial charge in [-0.05, 0) is 48.0 Å². The Bertz CT molecular complexity index is 450. The standard InChI is InChI=1S/C16H30N2O6/c1-15(2,3)23-13(20)11(9-10-12(19)18(7)22-8)17-14(21)24-16(4,5)6/h11H,9-10H2,1-8H3,(H,17,21)/t11-/m1/s1. The van der Waals surface area contributed by atoms with Crippen molar-refractivity contribution in [3.63, 3.8) is 0 Å². The number of nitrogens with one attached hydrogen (secondary N) is 1. The van der Waals surface area contributed by atoms with E-state index < -0.39 is 29.3 Å². The predicted molar refractivity (Wildman–Crippen MR) is 88.0 cm³/mol. The smallest absolute Gasteiger partial charge is 0.408 e. The maximum atomic E-state index is 12.3. The summed E-state index contributed by atoms with van der Waals surface area (Å²) < 4.78 is 10.4. The maximum Gasteiger partial charge on any atom is 0.408 e. The molecule has 0 aromatic rings. The summed E-state index contributed by atoms with van der Waals surface area (Å²) in [5, 5.41) is 3.52. The van der Waals surface area contributed by atoms with Gasteiger partial charge in [0.2, 0.25) is 5.91 Å². The van der Waals surface area contributed by atoms with Crippen LogP contribution in [0.3, 0.4) is 0 Å². The minimum Gasteiger partial charge on any atom is -0.458 e. The summed E-state index contributed by atoms with van der Waals surface area (Å²) in [6, 6.07) is -0.992. The van der Waals surface area contributed by atoms with E-state index in [1.54, 1.807) is 41.5 Å². The molecule has 0 spiro atoms. The van der Waals surface area contributed by atoms with Gasteiger partial charge in [-0.2, -0.15) is 0 Å². The van der Waals surface area contributed by atoms with Crippen molar-refractivity contribution in [2.75, 3.05) is 14.2 Å². The molecule has 0 aliphatic heterocycles. The molecular formula is C16H30N2O6. The second-order valence-electron chi connectivity index (χ2n) is 7.34. The molecule has 0 radical (unpaired) electrons. The van der Waals surface area contributed by atoms with Crippen LogP contribution in [-0.2, 0) is 23.9 Å². The van der Waals surface area contributed by atoms with Crippen LogP contribution in [0, 0.1) is 0 Å². The molecule has 2 amide bonds. The minimum absolute atomic E-state index is 0.00402. The average Bonchev–Trinajstić information content (AvgIpc) is 2.37. The first-order valence-electron chi connectivity index (χ1n) is 7.78. The number of hydroxylamine groups is 2. The molecule has 0 aliphatic rings. The Morgan fingerprint density at radius 3 is 1.92 bits per heavy atom. The van der Waals surface area contributed by atoms with Gasteiger partial charge in [-0.25, -0.2) is 14.7 Å². The lowest BCUT2D eigenvalue weighted by atomic mass is 10.1. The van der Waals surface area contributed by atoms with Crippen LogP contribution in [0.1, 0.15) is 54.4 Å². The van der Waals surface area contributed by atoms with Gasteiger partial charge in [-0.1, -0.05) is 0 Å². The number of alkyl carbamates (subject to hydrolysis) is 1. The van der Waals surface area contributed by atoms with E-state index in [-0.39, 0.29) is 18.7 Å². The highest BCUT2D eigenvalue weighted by Gasteiger charge is 2.29. The second kappa shape index (κ2) is 8.86. The van der Waals surface area contributed by atoms with Crippen molar-refractivity contribution in [3.8, 4) is 0 Å². The van der Waals surface area contributed by atoms with Crippen LogP contribution in [0.15, 0.2) is 0 Å². The van der Waals surface area contributed by atoms with Crippen molar-refractivity contribution in [3.05, 3.63) is 0 Å². The fourth-order valence-corrected chi connectivity index (χ4v) is 1.60. The number of esters is 1. The zero-order chi connectivity index (χ0) is 19.1. The number of hydrogen-bond acceptors (Lipinski definition) is 6. The Hall–Kier alpha value is -1.83. The second-order valence-corrected chi connectivity index (χ2v) is 7.34. The molecule has 0 heterocycles. The van der Waals surface area contributed by atoms with Gasteiger partial charge in [-0.15, -0.1) is 0 Å². The molecule has 1 N–H and O–H groups in total. The summed E-state index contributed by atoms with van der Waals surface area (Å²) >= 11 is 0. The van der Waals surface area contributed by atoms with Crippen LogP contribution in [-0.4, -0.2) is 54.4 Å². The van der Waals surface area contributed by atoms with E-state index in [4.69, 9.17) is 14.3 Å². The lowest BCUT2D eigenvalue weighted by Crippen LogP contribution is -2.46. The Morgan fingerprint density at radius 2 is 1.50 bits per heavy atom. The van der Waals surface area contributed by atoms with Crippen LogP contribution in [0.4, 0.5) is 4.79 Å². The summed E-state index contributed by atoms with van der Waals surface area (Å²) in [6.45, 7) is 10.3. The van der Waals surface area contributed by atoms with Crippen LogP contribution in [0.2, 0.25) is 0 Å². The zero-order valence-electron chi connectivity index (χ0n) is 15.9. The highest BCUT2D eigenvalue weighted by Crippen LogP contribution is 2.13. The number of hydrogen-bond donors (Lipinski definition) is 1. The minimum atomic E-state index is -0.992. The summed E-state index contributed by atoms with van der Waals surface area (Å²) in [6.07, 6.45) is -0.670. The predicted octanol–water partition coefficient (Wildman–Crippen LogP) is 2.02. The molecule has 0 rings (SSSR count). The first-order chi connectivity index (χ1) is 10.7. The van der Waals surface area contributed by atoms with Crippen LogP contribution in [0.25, 0.3) is 0 Å². The van der Waals surface area contributed by atoms with Crippen molar-refractivity contribution in [1.82, 2.24) is 10.4 Å². The third kappa shape index (κ3) is 10.0. The van der Waals surface area contributed by atoms with E-state index in [1.165, 1.54) is 14.2 Å². The van der Waals surface area contributed by atoms with Gasteiger partial charge < -0.3 is 14.8 Å². The van der Waals surface area contributed by atoms with E-state index in [1.807, 2.05) is 0 Å². The van der Waals surface area contributed by atoms with Gasteiger partial charge in [-0.3, -0.25) is 9.63 Å². The number of carbonyl (C=O) groups excluding carboxylic acids is 3. The Morgan fingerprint density at radius 1 is 1.00 bits per heavy atom. The molecule has 0 saturated carbocycles. The van der Waals surface area contributed by atoms with Crippen molar-refractivity contribution >= 4 is 18.0 Å². The molecule has 0 aromatic heterocycles. The van der Waals surface area contributed by atoms with Crippen molar-refractivity contribution in [1.29, 1.82) is 0 Å². The molecule has 140 valence electrons. The van der Waals surface area contributed by atoms with E-state index in [9.17, 15) is 14.4 Å². The summed E-state index contributed by atoms with van der Waals surface area (Å²) in [7, 11) is 2.83. The SMILES string of the molecule is CON(C)C(=O)CC[C@@H](NC(=O)OC(C)(C)C)C(=O)OC(C)(C)C. The Labute approximate surface area is 143 Å².